The fourth-order valence-corrected chi connectivity index (χ4v) is 3.59. The van der Waals surface area contributed by atoms with Crippen LogP contribution >= 0.6 is 0 Å². The standard InChI is InChI=1S/C20H22O3S/c1-24(21,22)23-14-6-10-19-15-18-9-3-2-7-16(18)12-13-17-8-4-5-11-20(17)19/h2-5,7-9,11,15H,6,10,12-14H2,1H3/b19-15-. The van der Waals surface area contributed by atoms with Gasteiger partial charge < -0.3 is 0 Å². The average Bonchev–Trinajstić information content (AvgIpc) is 2.54. The van der Waals surface area contributed by atoms with Crippen LogP contribution in [-0.4, -0.2) is 21.3 Å². The molecule has 0 fully saturated rings. The van der Waals surface area contributed by atoms with E-state index in [-0.39, 0.29) is 6.61 Å². The SMILES string of the molecule is CS(=O)(=O)OCCC/C1=C/c2ccccc2CCc2ccccc21. The van der Waals surface area contributed by atoms with E-state index >= 15 is 0 Å². The van der Waals surface area contributed by atoms with Gasteiger partial charge >= 0.3 is 0 Å². The minimum absolute atomic E-state index is 0.222. The van der Waals surface area contributed by atoms with Gasteiger partial charge in [0.1, 0.15) is 0 Å². The number of hydrogen-bond acceptors (Lipinski definition) is 3. The van der Waals surface area contributed by atoms with E-state index < -0.39 is 10.1 Å². The van der Waals surface area contributed by atoms with Crippen molar-refractivity contribution in [2.75, 3.05) is 12.9 Å². The van der Waals surface area contributed by atoms with Gasteiger partial charge in [0.25, 0.3) is 10.1 Å². The van der Waals surface area contributed by atoms with Gasteiger partial charge in [-0.3, -0.25) is 4.18 Å². The van der Waals surface area contributed by atoms with Crippen LogP contribution < -0.4 is 0 Å². The molecule has 4 heteroatoms. The quantitative estimate of drug-likeness (QED) is 0.607. The summed E-state index contributed by atoms with van der Waals surface area (Å²) in [5.41, 5.74) is 6.48. The highest BCUT2D eigenvalue weighted by Gasteiger charge is 2.13. The van der Waals surface area contributed by atoms with E-state index in [1.807, 2.05) is 0 Å². The van der Waals surface area contributed by atoms with Crippen LogP contribution in [0.25, 0.3) is 11.6 Å². The number of allylic oxidation sites excluding steroid dienone is 1. The van der Waals surface area contributed by atoms with Crippen molar-refractivity contribution in [3.05, 3.63) is 70.8 Å². The molecule has 0 N–H and O–H groups in total. The lowest BCUT2D eigenvalue weighted by Gasteiger charge is -2.18. The van der Waals surface area contributed by atoms with Gasteiger partial charge in [0.2, 0.25) is 0 Å². The van der Waals surface area contributed by atoms with Gasteiger partial charge in [-0.2, -0.15) is 8.42 Å². The highest BCUT2D eigenvalue weighted by molar-refractivity contribution is 7.85. The summed E-state index contributed by atoms with van der Waals surface area (Å²) in [5, 5.41) is 0. The molecule has 0 unspecified atom stereocenters. The second kappa shape index (κ2) is 7.32. The van der Waals surface area contributed by atoms with E-state index in [2.05, 4.69) is 54.6 Å². The van der Waals surface area contributed by atoms with E-state index in [4.69, 9.17) is 4.18 Å². The number of aryl methyl sites for hydroxylation is 2. The highest BCUT2D eigenvalue weighted by Crippen LogP contribution is 2.30. The Balaban J connectivity index is 1.88. The van der Waals surface area contributed by atoms with Crippen molar-refractivity contribution in [3.63, 3.8) is 0 Å². The van der Waals surface area contributed by atoms with Gasteiger partial charge in [-0.25, -0.2) is 0 Å². The van der Waals surface area contributed by atoms with Crippen LogP contribution in [0.2, 0.25) is 0 Å². The first-order valence-electron chi connectivity index (χ1n) is 8.24. The monoisotopic (exact) mass is 342 g/mol. The molecule has 3 rings (SSSR count). The molecular formula is C20H22O3S. The Morgan fingerprint density at radius 2 is 1.62 bits per heavy atom. The molecular weight excluding hydrogens is 320 g/mol. The Labute approximate surface area is 144 Å². The van der Waals surface area contributed by atoms with Gasteiger partial charge in [-0.15, -0.1) is 0 Å². The molecule has 1 aliphatic carbocycles. The summed E-state index contributed by atoms with van der Waals surface area (Å²) in [6, 6.07) is 17.0. The third-order valence-electron chi connectivity index (χ3n) is 4.30. The molecule has 2 aromatic carbocycles. The van der Waals surface area contributed by atoms with Gasteiger partial charge in [0.15, 0.2) is 0 Å². The highest BCUT2D eigenvalue weighted by atomic mass is 32.2. The molecule has 0 aromatic heterocycles. The summed E-state index contributed by atoms with van der Waals surface area (Å²) in [6.07, 6.45) is 6.86. The fraction of sp³-hybridized carbons (Fsp3) is 0.300. The number of hydrogen-bond donors (Lipinski definition) is 0. The van der Waals surface area contributed by atoms with Crippen molar-refractivity contribution >= 4 is 21.8 Å². The fourth-order valence-electron chi connectivity index (χ4n) is 3.17. The summed E-state index contributed by atoms with van der Waals surface area (Å²) in [6.45, 7) is 0.222. The van der Waals surface area contributed by atoms with Crippen LogP contribution in [0.3, 0.4) is 0 Å². The van der Waals surface area contributed by atoms with Crippen LogP contribution in [0, 0.1) is 0 Å². The predicted molar refractivity (Wildman–Crippen MR) is 98.2 cm³/mol. The van der Waals surface area contributed by atoms with Crippen molar-refractivity contribution in [3.8, 4) is 0 Å². The molecule has 1 aliphatic rings. The summed E-state index contributed by atoms with van der Waals surface area (Å²) >= 11 is 0. The Hall–Kier alpha value is -1.91. The Morgan fingerprint density at radius 1 is 0.958 bits per heavy atom. The van der Waals surface area contributed by atoms with E-state index in [1.54, 1.807) is 0 Å². The molecule has 2 aromatic rings. The van der Waals surface area contributed by atoms with Gasteiger partial charge in [0.05, 0.1) is 12.9 Å². The first-order valence-corrected chi connectivity index (χ1v) is 10.1. The molecule has 0 saturated heterocycles. The Morgan fingerprint density at radius 3 is 2.42 bits per heavy atom. The van der Waals surface area contributed by atoms with Crippen molar-refractivity contribution < 1.29 is 12.6 Å². The van der Waals surface area contributed by atoms with E-state index in [0.29, 0.717) is 6.42 Å². The van der Waals surface area contributed by atoms with Crippen LogP contribution in [-0.2, 0) is 27.1 Å². The number of rotatable bonds is 5. The maximum absolute atomic E-state index is 11.1. The minimum Gasteiger partial charge on any atom is -0.270 e. The van der Waals surface area contributed by atoms with Crippen molar-refractivity contribution in [1.29, 1.82) is 0 Å². The lowest BCUT2D eigenvalue weighted by molar-refractivity contribution is 0.317. The molecule has 0 heterocycles. The van der Waals surface area contributed by atoms with Gasteiger partial charge in [-0.05, 0) is 53.5 Å². The molecule has 0 saturated carbocycles. The van der Waals surface area contributed by atoms with Crippen LogP contribution in [0.4, 0.5) is 0 Å². The van der Waals surface area contributed by atoms with E-state index in [1.165, 1.54) is 27.8 Å². The van der Waals surface area contributed by atoms with Crippen LogP contribution in [0.15, 0.2) is 48.5 Å². The third kappa shape index (κ3) is 4.34. The lowest BCUT2D eigenvalue weighted by atomic mass is 9.87. The Bertz CT molecular complexity index is 851. The number of fused-ring (bicyclic) bond motifs is 2. The van der Waals surface area contributed by atoms with Crippen molar-refractivity contribution in [1.82, 2.24) is 0 Å². The zero-order chi connectivity index (χ0) is 17.0. The molecule has 24 heavy (non-hydrogen) atoms. The predicted octanol–water partition coefficient (Wildman–Crippen LogP) is 4.08. The smallest absolute Gasteiger partial charge is 0.264 e. The zero-order valence-corrected chi connectivity index (χ0v) is 14.7. The summed E-state index contributed by atoms with van der Waals surface area (Å²) in [7, 11) is -3.37. The van der Waals surface area contributed by atoms with Crippen LogP contribution in [0.1, 0.15) is 35.1 Å². The first-order chi connectivity index (χ1) is 11.5. The molecule has 0 bridgehead atoms. The molecule has 0 radical (unpaired) electrons. The molecule has 0 aliphatic heterocycles. The lowest BCUT2D eigenvalue weighted by Crippen LogP contribution is -2.05. The largest absolute Gasteiger partial charge is 0.270 e. The summed E-state index contributed by atoms with van der Waals surface area (Å²) in [5.74, 6) is 0. The summed E-state index contributed by atoms with van der Waals surface area (Å²) < 4.78 is 27.1. The average molecular weight is 342 g/mol. The summed E-state index contributed by atoms with van der Waals surface area (Å²) in [4.78, 5) is 0. The molecule has 0 atom stereocenters. The second-order valence-electron chi connectivity index (χ2n) is 6.16. The normalized spacial score (nSPS) is 16.3. The van der Waals surface area contributed by atoms with Crippen LogP contribution in [0.5, 0.6) is 0 Å². The maximum atomic E-state index is 11.1. The zero-order valence-electron chi connectivity index (χ0n) is 13.9. The van der Waals surface area contributed by atoms with Gasteiger partial charge in [-0.1, -0.05) is 54.6 Å². The molecule has 126 valence electrons. The van der Waals surface area contributed by atoms with Crippen molar-refractivity contribution in [2.45, 2.75) is 25.7 Å². The molecule has 0 spiro atoms. The van der Waals surface area contributed by atoms with E-state index in [9.17, 15) is 8.42 Å². The second-order valence-corrected chi connectivity index (χ2v) is 7.80. The third-order valence-corrected chi connectivity index (χ3v) is 4.89. The van der Waals surface area contributed by atoms with Crippen molar-refractivity contribution in [2.24, 2.45) is 0 Å². The topological polar surface area (TPSA) is 43.4 Å². The minimum atomic E-state index is -3.37. The molecule has 0 amide bonds. The first kappa shape index (κ1) is 16.9. The van der Waals surface area contributed by atoms with E-state index in [0.717, 1.165) is 25.5 Å². The maximum Gasteiger partial charge on any atom is 0.264 e. The number of benzene rings is 2. The molecule has 3 nitrogen and oxygen atoms in total. The Kier molecular flexibility index (Phi) is 5.17. The van der Waals surface area contributed by atoms with Gasteiger partial charge in [0, 0.05) is 0 Å².